The number of halogens is 5. The molecule has 1 aromatic rings. The first kappa shape index (κ1) is 11.9. The van der Waals surface area contributed by atoms with Gasteiger partial charge >= 0.3 is 0 Å². The molecule has 5 heteroatoms. The Kier molecular flexibility index (Phi) is 3.03. The number of allylic oxidation sites excluding steroid dienone is 1. The SMILES string of the molecule is Fc1c(F)c(F)c(C2CC=C=CC2)c(F)c1F. The molecule has 0 aromatic heterocycles. The van der Waals surface area contributed by atoms with Crippen LogP contribution in [0.3, 0.4) is 0 Å². The fourth-order valence-corrected chi connectivity index (χ4v) is 1.82. The summed E-state index contributed by atoms with van der Waals surface area (Å²) < 4.78 is 65.6. The average molecular weight is 246 g/mol. The van der Waals surface area contributed by atoms with Crippen LogP contribution in [0.25, 0.3) is 0 Å². The minimum absolute atomic E-state index is 0.203. The summed E-state index contributed by atoms with van der Waals surface area (Å²) in [4.78, 5) is 0. The molecule has 1 aromatic carbocycles. The maximum atomic E-state index is 13.4. The van der Waals surface area contributed by atoms with Gasteiger partial charge in [0.2, 0.25) is 5.82 Å². The Bertz CT molecular complexity index is 487. The van der Waals surface area contributed by atoms with Gasteiger partial charge in [0.1, 0.15) is 0 Å². The van der Waals surface area contributed by atoms with E-state index < -0.39 is 40.6 Å². The summed E-state index contributed by atoms with van der Waals surface area (Å²) in [5.41, 5.74) is 1.97. The van der Waals surface area contributed by atoms with E-state index in [1.165, 1.54) is 12.2 Å². The van der Waals surface area contributed by atoms with Crippen molar-refractivity contribution in [1.82, 2.24) is 0 Å². The van der Waals surface area contributed by atoms with E-state index in [1.807, 2.05) is 0 Å². The van der Waals surface area contributed by atoms with Crippen molar-refractivity contribution in [2.75, 3.05) is 0 Å². The largest absolute Gasteiger partial charge is 0.203 e. The highest BCUT2D eigenvalue weighted by Crippen LogP contribution is 2.34. The van der Waals surface area contributed by atoms with Crippen LogP contribution < -0.4 is 0 Å². The summed E-state index contributed by atoms with van der Waals surface area (Å²) in [6, 6.07) is 0. The highest BCUT2D eigenvalue weighted by Gasteiger charge is 2.29. The molecule has 0 spiro atoms. The first-order valence-electron chi connectivity index (χ1n) is 4.94. The van der Waals surface area contributed by atoms with Crippen molar-refractivity contribution in [1.29, 1.82) is 0 Å². The Morgan fingerprint density at radius 1 is 0.765 bits per heavy atom. The van der Waals surface area contributed by atoms with Crippen LogP contribution in [0.4, 0.5) is 22.0 Å². The number of rotatable bonds is 1. The molecule has 0 amide bonds. The Balaban J connectivity index is 2.58. The Hall–Kier alpha value is -1.61. The molecule has 0 heterocycles. The summed E-state index contributed by atoms with van der Waals surface area (Å²) in [5, 5.41) is 0. The summed E-state index contributed by atoms with van der Waals surface area (Å²) >= 11 is 0. The number of benzene rings is 1. The van der Waals surface area contributed by atoms with Crippen LogP contribution in [0.15, 0.2) is 17.9 Å². The summed E-state index contributed by atoms with van der Waals surface area (Å²) in [6.07, 6.45) is 3.42. The van der Waals surface area contributed by atoms with Crippen molar-refractivity contribution in [3.8, 4) is 0 Å². The van der Waals surface area contributed by atoms with Crippen molar-refractivity contribution in [3.63, 3.8) is 0 Å². The van der Waals surface area contributed by atoms with E-state index in [9.17, 15) is 22.0 Å². The molecular weight excluding hydrogens is 239 g/mol. The maximum Gasteiger partial charge on any atom is 0.200 e. The predicted octanol–water partition coefficient (Wildman–Crippen LogP) is 3.97. The molecule has 0 fully saturated rings. The van der Waals surface area contributed by atoms with Crippen molar-refractivity contribution in [2.24, 2.45) is 0 Å². The van der Waals surface area contributed by atoms with E-state index >= 15 is 0 Å². The van der Waals surface area contributed by atoms with E-state index in [-0.39, 0.29) is 12.8 Å². The van der Waals surface area contributed by atoms with Gasteiger partial charge in [-0.25, -0.2) is 22.0 Å². The van der Waals surface area contributed by atoms with Gasteiger partial charge in [-0.15, -0.1) is 5.73 Å². The van der Waals surface area contributed by atoms with Crippen molar-refractivity contribution in [2.45, 2.75) is 18.8 Å². The molecule has 0 unspecified atom stereocenters. The second-order valence-corrected chi connectivity index (χ2v) is 3.73. The second-order valence-electron chi connectivity index (χ2n) is 3.73. The van der Waals surface area contributed by atoms with Gasteiger partial charge in [0, 0.05) is 5.56 Å². The Labute approximate surface area is 94.1 Å². The third kappa shape index (κ3) is 1.87. The second kappa shape index (κ2) is 4.34. The van der Waals surface area contributed by atoms with E-state index in [4.69, 9.17) is 0 Å². The maximum absolute atomic E-state index is 13.4. The Morgan fingerprint density at radius 3 is 1.65 bits per heavy atom. The third-order valence-electron chi connectivity index (χ3n) is 2.69. The Morgan fingerprint density at radius 2 is 1.18 bits per heavy atom. The normalized spacial score (nSPS) is 15.6. The van der Waals surface area contributed by atoms with Crippen LogP contribution in [-0.2, 0) is 0 Å². The average Bonchev–Trinajstić information content (AvgIpc) is 2.36. The summed E-state index contributed by atoms with van der Waals surface area (Å²) in [5.74, 6) is -10.1. The van der Waals surface area contributed by atoms with Crippen LogP contribution in [0.5, 0.6) is 0 Å². The third-order valence-corrected chi connectivity index (χ3v) is 2.69. The molecule has 0 radical (unpaired) electrons. The lowest BCUT2D eigenvalue weighted by Crippen LogP contribution is -2.11. The minimum Gasteiger partial charge on any atom is -0.203 e. The van der Waals surface area contributed by atoms with Crippen LogP contribution >= 0.6 is 0 Å². The van der Waals surface area contributed by atoms with E-state index in [0.29, 0.717) is 0 Å². The van der Waals surface area contributed by atoms with Crippen LogP contribution in [0, 0.1) is 29.1 Å². The molecule has 90 valence electrons. The van der Waals surface area contributed by atoms with Gasteiger partial charge in [0.05, 0.1) is 0 Å². The lowest BCUT2D eigenvalue weighted by atomic mass is 9.89. The van der Waals surface area contributed by atoms with Crippen molar-refractivity contribution < 1.29 is 22.0 Å². The summed E-state index contributed by atoms with van der Waals surface area (Å²) in [6.45, 7) is 0. The topological polar surface area (TPSA) is 0 Å². The molecule has 1 aliphatic carbocycles. The number of hydrogen-bond donors (Lipinski definition) is 0. The fourth-order valence-electron chi connectivity index (χ4n) is 1.82. The monoisotopic (exact) mass is 246 g/mol. The standard InChI is InChI=1S/C12H7F5/c13-8-7(6-4-2-1-3-5-6)9(14)11(16)12(17)10(8)15/h2-3,6H,4-5H2. The van der Waals surface area contributed by atoms with Gasteiger partial charge in [-0.2, -0.15) is 0 Å². The lowest BCUT2D eigenvalue weighted by Gasteiger charge is -2.17. The predicted molar refractivity (Wildman–Crippen MR) is 50.9 cm³/mol. The van der Waals surface area contributed by atoms with E-state index in [0.717, 1.165) is 0 Å². The highest BCUT2D eigenvalue weighted by molar-refractivity contribution is 5.29. The van der Waals surface area contributed by atoms with Gasteiger partial charge in [-0.1, -0.05) is 0 Å². The zero-order chi connectivity index (χ0) is 12.6. The van der Waals surface area contributed by atoms with Gasteiger partial charge < -0.3 is 0 Å². The smallest absolute Gasteiger partial charge is 0.200 e. The zero-order valence-electron chi connectivity index (χ0n) is 8.54. The van der Waals surface area contributed by atoms with E-state index in [1.54, 1.807) is 0 Å². The zero-order valence-corrected chi connectivity index (χ0v) is 8.54. The molecule has 0 saturated heterocycles. The molecule has 17 heavy (non-hydrogen) atoms. The highest BCUT2D eigenvalue weighted by atomic mass is 19.2. The molecule has 0 bridgehead atoms. The van der Waals surface area contributed by atoms with Crippen molar-refractivity contribution >= 4 is 0 Å². The molecule has 2 rings (SSSR count). The van der Waals surface area contributed by atoms with Crippen LogP contribution in [0.2, 0.25) is 0 Å². The van der Waals surface area contributed by atoms with Gasteiger partial charge in [0.15, 0.2) is 23.3 Å². The minimum atomic E-state index is -2.12. The van der Waals surface area contributed by atoms with Crippen LogP contribution in [0.1, 0.15) is 24.3 Å². The summed E-state index contributed by atoms with van der Waals surface area (Å²) in [7, 11) is 0. The molecule has 0 saturated carbocycles. The fraction of sp³-hybridized carbons (Fsp3) is 0.250. The first-order valence-corrected chi connectivity index (χ1v) is 4.94. The molecule has 0 nitrogen and oxygen atoms in total. The van der Waals surface area contributed by atoms with Gasteiger partial charge in [0.25, 0.3) is 0 Å². The quantitative estimate of drug-likeness (QED) is 0.304. The molecule has 0 aliphatic heterocycles. The van der Waals surface area contributed by atoms with Crippen LogP contribution in [-0.4, -0.2) is 0 Å². The molecule has 0 atom stereocenters. The van der Waals surface area contributed by atoms with E-state index in [2.05, 4.69) is 5.73 Å². The number of hydrogen-bond acceptors (Lipinski definition) is 0. The molecule has 1 aliphatic rings. The molecule has 0 N–H and O–H groups in total. The first-order chi connectivity index (χ1) is 8.04. The van der Waals surface area contributed by atoms with Crippen molar-refractivity contribution in [3.05, 3.63) is 52.5 Å². The van der Waals surface area contributed by atoms with Gasteiger partial charge in [-0.05, 0) is 30.9 Å². The molecular formula is C12H7F5. The lowest BCUT2D eigenvalue weighted by molar-refractivity contribution is 0.363. The van der Waals surface area contributed by atoms with Gasteiger partial charge in [-0.3, -0.25) is 0 Å².